The zero-order chi connectivity index (χ0) is 18.9. The number of amides is 1. The summed E-state index contributed by atoms with van der Waals surface area (Å²) in [5.41, 5.74) is 0.628. The number of anilines is 2. The molecule has 2 aliphatic heterocycles. The van der Waals surface area contributed by atoms with Gasteiger partial charge >= 0.3 is 0 Å². The zero-order valence-corrected chi connectivity index (χ0v) is 15.1. The molecule has 7 nitrogen and oxygen atoms in total. The number of aromatic nitrogens is 2. The van der Waals surface area contributed by atoms with Crippen LogP contribution in [0.5, 0.6) is 0 Å². The number of ether oxygens (including phenoxy) is 2. The Labute approximate surface area is 156 Å². The van der Waals surface area contributed by atoms with Gasteiger partial charge in [0.2, 0.25) is 0 Å². The Bertz CT molecular complexity index is 845. The highest BCUT2D eigenvalue weighted by molar-refractivity contribution is 6.03. The van der Waals surface area contributed by atoms with E-state index in [1.165, 1.54) is 12.1 Å². The molecule has 0 unspecified atom stereocenters. The number of hydrogen-bond donors (Lipinski definition) is 1. The third-order valence-electron chi connectivity index (χ3n) is 4.80. The molecule has 4 rings (SSSR count). The first-order chi connectivity index (χ1) is 13.0. The van der Waals surface area contributed by atoms with Gasteiger partial charge in [0.1, 0.15) is 23.2 Å². The Morgan fingerprint density at radius 1 is 1.19 bits per heavy atom. The van der Waals surface area contributed by atoms with Crippen LogP contribution >= 0.6 is 0 Å². The molecule has 2 saturated heterocycles. The van der Waals surface area contributed by atoms with E-state index in [2.05, 4.69) is 20.2 Å². The standard InChI is InChI=1S/C19H21FN4O3/c1-13-21-16(18(25)23-15-4-2-3-14(20)11-15)12-17(22-13)24-7-5-19(6-8-24)26-9-10-27-19/h2-4,11-12H,5-10H2,1H3,(H,23,25). The van der Waals surface area contributed by atoms with Crippen LogP contribution in [0.15, 0.2) is 30.3 Å². The third kappa shape index (κ3) is 3.91. The first kappa shape index (κ1) is 17.8. The molecule has 1 amide bonds. The molecule has 0 aliphatic carbocycles. The van der Waals surface area contributed by atoms with Crippen molar-refractivity contribution in [1.29, 1.82) is 0 Å². The van der Waals surface area contributed by atoms with Crippen molar-refractivity contribution < 1.29 is 18.7 Å². The highest BCUT2D eigenvalue weighted by atomic mass is 19.1. The molecule has 2 aromatic rings. The quantitative estimate of drug-likeness (QED) is 0.892. The van der Waals surface area contributed by atoms with Gasteiger partial charge in [0.05, 0.1) is 13.2 Å². The Morgan fingerprint density at radius 2 is 1.93 bits per heavy atom. The van der Waals surface area contributed by atoms with E-state index in [1.54, 1.807) is 25.1 Å². The highest BCUT2D eigenvalue weighted by Crippen LogP contribution is 2.32. The van der Waals surface area contributed by atoms with E-state index in [0.29, 0.717) is 30.5 Å². The summed E-state index contributed by atoms with van der Waals surface area (Å²) in [5, 5.41) is 2.67. The number of hydrogen-bond acceptors (Lipinski definition) is 6. The summed E-state index contributed by atoms with van der Waals surface area (Å²) in [5.74, 6) is -0.0737. The van der Waals surface area contributed by atoms with Gasteiger partial charge in [-0.05, 0) is 25.1 Å². The van der Waals surface area contributed by atoms with Crippen molar-refractivity contribution >= 4 is 17.4 Å². The number of benzene rings is 1. The van der Waals surface area contributed by atoms with Crippen molar-refractivity contribution in [3.63, 3.8) is 0 Å². The number of rotatable bonds is 3. The second kappa shape index (κ2) is 7.21. The van der Waals surface area contributed by atoms with Crippen LogP contribution in [0.4, 0.5) is 15.9 Å². The number of nitrogens with one attached hydrogen (secondary N) is 1. The SMILES string of the molecule is Cc1nc(C(=O)Nc2cccc(F)c2)cc(N2CCC3(CC2)OCCO3)n1. The largest absolute Gasteiger partial charge is 0.356 e. The lowest BCUT2D eigenvalue weighted by Crippen LogP contribution is -2.45. The fourth-order valence-corrected chi connectivity index (χ4v) is 3.45. The van der Waals surface area contributed by atoms with Gasteiger partial charge in [-0.3, -0.25) is 4.79 Å². The summed E-state index contributed by atoms with van der Waals surface area (Å²) in [6.45, 7) is 4.47. The molecule has 1 spiro atoms. The van der Waals surface area contributed by atoms with Crippen molar-refractivity contribution in [3.8, 4) is 0 Å². The van der Waals surface area contributed by atoms with Crippen molar-refractivity contribution in [1.82, 2.24) is 9.97 Å². The smallest absolute Gasteiger partial charge is 0.274 e. The number of carbonyl (C=O) groups is 1. The first-order valence-electron chi connectivity index (χ1n) is 8.99. The van der Waals surface area contributed by atoms with Crippen LogP contribution in [0.1, 0.15) is 29.2 Å². The molecule has 0 bridgehead atoms. The number of piperidine rings is 1. The molecular formula is C19H21FN4O3. The number of aryl methyl sites for hydroxylation is 1. The molecule has 2 fully saturated rings. The molecule has 0 saturated carbocycles. The summed E-state index contributed by atoms with van der Waals surface area (Å²) >= 11 is 0. The fourth-order valence-electron chi connectivity index (χ4n) is 3.45. The second-order valence-corrected chi connectivity index (χ2v) is 6.72. The summed E-state index contributed by atoms with van der Waals surface area (Å²) in [7, 11) is 0. The summed E-state index contributed by atoms with van der Waals surface area (Å²) in [4.78, 5) is 23.3. The van der Waals surface area contributed by atoms with Crippen LogP contribution < -0.4 is 10.2 Å². The van der Waals surface area contributed by atoms with Crippen molar-refractivity contribution in [2.75, 3.05) is 36.5 Å². The number of halogens is 1. The van der Waals surface area contributed by atoms with Gasteiger partial charge in [0.15, 0.2) is 5.79 Å². The van der Waals surface area contributed by atoms with E-state index in [9.17, 15) is 9.18 Å². The Hall–Kier alpha value is -2.58. The minimum absolute atomic E-state index is 0.246. The van der Waals surface area contributed by atoms with Gasteiger partial charge in [-0.2, -0.15) is 0 Å². The monoisotopic (exact) mass is 372 g/mol. The molecular weight excluding hydrogens is 351 g/mol. The van der Waals surface area contributed by atoms with Crippen LogP contribution in [-0.2, 0) is 9.47 Å². The fraction of sp³-hybridized carbons (Fsp3) is 0.421. The molecule has 142 valence electrons. The first-order valence-corrected chi connectivity index (χ1v) is 8.99. The van der Waals surface area contributed by atoms with Crippen LogP contribution in [-0.4, -0.2) is 48.0 Å². The van der Waals surface area contributed by atoms with Crippen LogP contribution in [0.25, 0.3) is 0 Å². The third-order valence-corrected chi connectivity index (χ3v) is 4.80. The van der Waals surface area contributed by atoms with E-state index < -0.39 is 17.5 Å². The van der Waals surface area contributed by atoms with Crippen molar-refractivity contribution in [2.24, 2.45) is 0 Å². The van der Waals surface area contributed by atoms with Crippen molar-refractivity contribution in [3.05, 3.63) is 47.7 Å². The Kier molecular flexibility index (Phi) is 4.75. The van der Waals surface area contributed by atoms with E-state index in [4.69, 9.17) is 9.47 Å². The lowest BCUT2D eigenvalue weighted by atomic mass is 10.0. The molecule has 1 aromatic heterocycles. The van der Waals surface area contributed by atoms with Gasteiger partial charge in [-0.15, -0.1) is 0 Å². The maximum atomic E-state index is 13.3. The van der Waals surface area contributed by atoms with Crippen LogP contribution in [0, 0.1) is 12.7 Å². The maximum Gasteiger partial charge on any atom is 0.274 e. The molecule has 8 heteroatoms. The molecule has 1 aromatic carbocycles. The predicted octanol–water partition coefficient (Wildman–Crippen LogP) is 2.52. The molecule has 0 radical (unpaired) electrons. The lowest BCUT2D eigenvalue weighted by molar-refractivity contribution is -0.169. The van der Waals surface area contributed by atoms with E-state index >= 15 is 0 Å². The maximum absolute atomic E-state index is 13.3. The molecule has 27 heavy (non-hydrogen) atoms. The van der Waals surface area contributed by atoms with Crippen molar-refractivity contribution in [2.45, 2.75) is 25.6 Å². The molecule has 3 heterocycles. The van der Waals surface area contributed by atoms with Gasteiger partial charge in [-0.1, -0.05) is 6.07 Å². The van der Waals surface area contributed by atoms with Gasteiger partial charge in [-0.25, -0.2) is 14.4 Å². The minimum Gasteiger partial charge on any atom is -0.356 e. The number of carbonyl (C=O) groups excluding carboxylic acids is 1. The van der Waals surface area contributed by atoms with Crippen LogP contribution in [0.2, 0.25) is 0 Å². The Balaban J connectivity index is 1.49. The summed E-state index contributed by atoms with van der Waals surface area (Å²) < 4.78 is 24.8. The minimum atomic E-state index is -0.462. The summed E-state index contributed by atoms with van der Waals surface area (Å²) in [6, 6.07) is 7.41. The summed E-state index contributed by atoms with van der Waals surface area (Å²) in [6.07, 6.45) is 1.50. The van der Waals surface area contributed by atoms with Crippen LogP contribution in [0.3, 0.4) is 0 Å². The average Bonchev–Trinajstić information content (AvgIpc) is 3.10. The predicted molar refractivity (Wildman–Crippen MR) is 97.2 cm³/mol. The molecule has 2 aliphatic rings. The highest BCUT2D eigenvalue weighted by Gasteiger charge is 2.40. The normalized spacial score (nSPS) is 18.7. The van der Waals surface area contributed by atoms with Gasteiger partial charge in [0, 0.05) is 37.7 Å². The zero-order valence-electron chi connectivity index (χ0n) is 15.1. The van der Waals surface area contributed by atoms with E-state index in [1.807, 2.05) is 0 Å². The molecule has 1 N–H and O–H groups in total. The van der Waals surface area contributed by atoms with E-state index in [0.717, 1.165) is 25.9 Å². The Morgan fingerprint density at radius 3 is 2.63 bits per heavy atom. The average molecular weight is 372 g/mol. The van der Waals surface area contributed by atoms with Gasteiger partial charge < -0.3 is 19.7 Å². The molecule has 0 atom stereocenters. The van der Waals surface area contributed by atoms with E-state index in [-0.39, 0.29) is 5.69 Å². The number of nitrogens with zero attached hydrogens (tertiary/aromatic N) is 3. The second-order valence-electron chi connectivity index (χ2n) is 6.72. The lowest BCUT2D eigenvalue weighted by Gasteiger charge is -2.38. The topological polar surface area (TPSA) is 76.6 Å². The van der Waals surface area contributed by atoms with Gasteiger partial charge in [0.25, 0.3) is 5.91 Å².